The van der Waals surface area contributed by atoms with Crippen molar-refractivity contribution in [1.82, 2.24) is 10.2 Å². The Morgan fingerprint density at radius 1 is 1.23 bits per heavy atom. The fourth-order valence-electron chi connectivity index (χ4n) is 3.00. The number of nitrogens with zero attached hydrogens (tertiary/aromatic N) is 2. The van der Waals surface area contributed by atoms with Crippen molar-refractivity contribution in [1.29, 1.82) is 0 Å². The zero-order valence-corrected chi connectivity index (χ0v) is 16.6. The van der Waals surface area contributed by atoms with Crippen molar-refractivity contribution in [3.05, 3.63) is 24.0 Å². The van der Waals surface area contributed by atoms with Gasteiger partial charge in [-0.25, -0.2) is 9.18 Å². The van der Waals surface area contributed by atoms with Gasteiger partial charge in [-0.05, 0) is 12.1 Å². The van der Waals surface area contributed by atoms with Gasteiger partial charge in [0, 0.05) is 19.9 Å². The Morgan fingerprint density at radius 2 is 1.97 bits per heavy atom. The summed E-state index contributed by atoms with van der Waals surface area (Å²) in [5.74, 6) is -1.78. The van der Waals surface area contributed by atoms with Crippen molar-refractivity contribution in [3.63, 3.8) is 0 Å². The molecule has 0 saturated carbocycles. The zero-order chi connectivity index (χ0) is 21.8. The topological polar surface area (TPSA) is 114 Å². The molecule has 1 atom stereocenters. The summed E-state index contributed by atoms with van der Waals surface area (Å²) in [4.78, 5) is 48.2. The van der Waals surface area contributed by atoms with Gasteiger partial charge >= 0.3 is 12.1 Å². The number of esters is 1. The Balaban J connectivity index is 1.51. The van der Waals surface area contributed by atoms with Crippen LogP contribution >= 0.6 is 0 Å². The second-order valence-electron chi connectivity index (χ2n) is 6.99. The Bertz CT molecular complexity index is 857. The summed E-state index contributed by atoms with van der Waals surface area (Å²) >= 11 is 0. The number of carbonyl (C=O) groups is 4. The first-order chi connectivity index (χ1) is 14.2. The van der Waals surface area contributed by atoms with Crippen LogP contribution in [0.15, 0.2) is 18.2 Å². The molecule has 162 valence electrons. The number of halogens is 1. The van der Waals surface area contributed by atoms with Crippen LogP contribution in [0.25, 0.3) is 0 Å². The van der Waals surface area contributed by atoms with E-state index >= 15 is 0 Å². The lowest BCUT2D eigenvalue weighted by Crippen LogP contribution is -2.57. The van der Waals surface area contributed by atoms with Gasteiger partial charge in [0.1, 0.15) is 12.2 Å². The van der Waals surface area contributed by atoms with E-state index in [0.717, 1.165) is 0 Å². The maximum atomic E-state index is 14.5. The number of hydrogen-bond donors (Lipinski definition) is 1. The van der Waals surface area contributed by atoms with Crippen molar-refractivity contribution in [2.75, 3.05) is 37.7 Å². The van der Waals surface area contributed by atoms with Gasteiger partial charge in [0.25, 0.3) is 5.91 Å². The van der Waals surface area contributed by atoms with Crippen LogP contribution in [-0.4, -0.2) is 73.8 Å². The van der Waals surface area contributed by atoms with Gasteiger partial charge < -0.3 is 24.4 Å². The monoisotopic (exact) mass is 423 g/mol. The summed E-state index contributed by atoms with van der Waals surface area (Å²) in [5, 5.41) is 2.57. The molecule has 10 nitrogen and oxygen atoms in total. The number of rotatable bonds is 7. The van der Waals surface area contributed by atoms with Crippen LogP contribution in [0.1, 0.15) is 13.8 Å². The molecule has 1 N–H and O–H groups in total. The van der Waals surface area contributed by atoms with Crippen LogP contribution in [-0.2, 0) is 23.9 Å². The van der Waals surface area contributed by atoms with Crippen LogP contribution in [0.3, 0.4) is 0 Å². The van der Waals surface area contributed by atoms with Crippen molar-refractivity contribution in [2.24, 2.45) is 0 Å². The third-order valence-electron chi connectivity index (χ3n) is 4.57. The van der Waals surface area contributed by atoms with Crippen LogP contribution in [0.4, 0.5) is 14.9 Å². The van der Waals surface area contributed by atoms with Crippen LogP contribution in [0.5, 0.6) is 5.75 Å². The lowest BCUT2D eigenvalue weighted by Gasteiger charge is -2.38. The molecule has 0 aliphatic carbocycles. The highest BCUT2D eigenvalue weighted by Crippen LogP contribution is 2.28. The number of hydrogen-bond acceptors (Lipinski definition) is 7. The third kappa shape index (κ3) is 5.16. The first-order valence-corrected chi connectivity index (χ1v) is 9.33. The second-order valence-corrected chi connectivity index (χ2v) is 6.99. The van der Waals surface area contributed by atoms with Crippen LogP contribution in [0, 0.1) is 5.82 Å². The Labute approximate surface area is 171 Å². The second kappa shape index (κ2) is 8.97. The minimum absolute atomic E-state index is 0.00167. The molecule has 3 amide bonds. The molecule has 0 radical (unpaired) electrons. The standard InChI is InChI=1S/C19H22FN3O7/c1-11(24)21-6-14-9-23(19(27)30-14)13-3-4-17(16(20)5-13)29-15-7-22(8-15)18(26)10-28-12(2)25/h3-5,14-15H,6-10H2,1-2H3,(H,21,24)/t14-/m0/s1. The number of nitrogens with one attached hydrogen (secondary N) is 1. The number of amides is 3. The number of carbonyl (C=O) groups excluding carboxylic acids is 4. The highest BCUT2D eigenvalue weighted by molar-refractivity contribution is 5.90. The molecular formula is C19H22FN3O7. The fraction of sp³-hybridized carbons (Fsp3) is 0.474. The van der Waals surface area contributed by atoms with E-state index < -0.39 is 24.0 Å². The van der Waals surface area contributed by atoms with E-state index in [4.69, 9.17) is 9.47 Å². The van der Waals surface area contributed by atoms with E-state index in [1.165, 1.54) is 41.8 Å². The minimum Gasteiger partial charge on any atom is -0.484 e. The Morgan fingerprint density at radius 3 is 2.60 bits per heavy atom. The normalized spacial score (nSPS) is 18.5. The smallest absolute Gasteiger partial charge is 0.414 e. The minimum atomic E-state index is -0.657. The van der Waals surface area contributed by atoms with Gasteiger partial charge in [-0.2, -0.15) is 0 Å². The lowest BCUT2D eigenvalue weighted by molar-refractivity contribution is -0.154. The molecule has 0 unspecified atom stereocenters. The predicted molar refractivity (Wildman–Crippen MR) is 100 cm³/mol. The number of benzene rings is 1. The van der Waals surface area contributed by atoms with E-state index in [1.807, 2.05) is 0 Å². The molecule has 0 aromatic heterocycles. The molecule has 1 aromatic rings. The van der Waals surface area contributed by atoms with Crippen LogP contribution < -0.4 is 15.0 Å². The van der Waals surface area contributed by atoms with Gasteiger partial charge in [0.15, 0.2) is 18.2 Å². The molecule has 1 aromatic carbocycles. The summed E-state index contributed by atoms with van der Waals surface area (Å²) in [6, 6.07) is 4.10. The third-order valence-corrected chi connectivity index (χ3v) is 4.57. The van der Waals surface area contributed by atoms with Gasteiger partial charge in [-0.3, -0.25) is 19.3 Å². The molecule has 2 fully saturated rings. The van der Waals surface area contributed by atoms with Crippen molar-refractivity contribution in [2.45, 2.75) is 26.1 Å². The van der Waals surface area contributed by atoms with Gasteiger partial charge in [0.05, 0.1) is 31.9 Å². The maximum Gasteiger partial charge on any atom is 0.414 e. The molecule has 3 rings (SSSR count). The van der Waals surface area contributed by atoms with Crippen molar-refractivity contribution in [3.8, 4) is 5.75 Å². The summed E-state index contributed by atoms with van der Waals surface area (Å²) in [7, 11) is 0. The quantitative estimate of drug-likeness (QED) is 0.633. The molecular weight excluding hydrogens is 401 g/mol. The number of cyclic esters (lactones) is 1. The SMILES string of the molecule is CC(=O)NC[C@H]1CN(c2ccc(OC3CN(C(=O)COC(C)=O)C3)c(F)c2)C(=O)O1. The highest BCUT2D eigenvalue weighted by Gasteiger charge is 2.34. The molecule has 30 heavy (non-hydrogen) atoms. The first-order valence-electron chi connectivity index (χ1n) is 9.33. The van der Waals surface area contributed by atoms with E-state index in [9.17, 15) is 23.6 Å². The maximum absolute atomic E-state index is 14.5. The average molecular weight is 423 g/mol. The summed E-state index contributed by atoms with van der Waals surface area (Å²) < 4.78 is 29.8. The Kier molecular flexibility index (Phi) is 6.38. The van der Waals surface area contributed by atoms with Gasteiger partial charge in [0.2, 0.25) is 5.91 Å². The fourth-order valence-corrected chi connectivity index (χ4v) is 3.00. The number of likely N-dealkylation sites (tertiary alicyclic amines) is 1. The van der Waals surface area contributed by atoms with Gasteiger partial charge in [-0.1, -0.05) is 0 Å². The molecule has 2 aliphatic rings. The largest absolute Gasteiger partial charge is 0.484 e. The highest BCUT2D eigenvalue weighted by atomic mass is 19.1. The lowest BCUT2D eigenvalue weighted by atomic mass is 10.1. The zero-order valence-electron chi connectivity index (χ0n) is 16.6. The number of anilines is 1. The van der Waals surface area contributed by atoms with Crippen molar-refractivity contribution < 1.29 is 37.8 Å². The summed E-state index contributed by atoms with van der Waals surface area (Å²) in [6.45, 7) is 3.11. The summed E-state index contributed by atoms with van der Waals surface area (Å²) in [5.41, 5.74) is 0.307. The molecule has 0 bridgehead atoms. The molecule has 2 saturated heterocycles. The van der Waals surface area contributed by atoms with E-state index in [-0.39, 0.29) is 56.5 Å². The van der Waals surface area contributed by atoms with E-state index in [1.54, 1.807) is 0 Å². The Hall–Kier alpha value is -3.37. The number of ether oxygens (including phenoxy) is 3. The van der Waals surface area contributed by atoms with Crippen molar-refractivity contribution >= 4 is 29.6 Å². The van der Waals surface area contributed by atoms with Crippen LogP contribution in [0.2, 0.25) is 0 Å². The summed E-state index contributed by atoms with van der Waals surface area (Å²) in [6.07, 6.45) is -1.53. The molecule has 11 heteroatoms. The van der Waals surface area contributed by atoms with E-state index in [0.29, 0.717) is 5.69 Å². The first kappa shape index (κ1) is 21.3. The predicted octanol–water partition coefficient (Wildman–Crippen LogP) is 0.440. The molecule has 2 aliphatic heterocycles. The average Bonchev–Trinajstić information content (AvgIpc) is 3.02. The molecule has 0 spiro atoms. The molecule has 2 heterocycles. The van der Waals surface area contributed by atoms with Gasteiger partial charge in [-0.15, -0.1) is 0 Å². The van der Waals surface area contributed by atoms with E-state index in [2.05, 4.69) is 10.1 Å².